The highest BCUT2D eigenvalue weighted by Gasteiger charge is 2.18. The first-order chi connectivity index (χ1) is 9.38. The van der Waals surface area contributed by atoms with Gasteiger partial charge >= 0.3 is 0 Å². The van der Waals surface area contributed by atoms with Crippen LogP contribution in [0.3, 0.4) is 0 Å². The summed E-state index contributed by atoms with van der Waals surface area (Å²) in [5.74, 6) is 0. The van der Waals surface area contributed by atoms with Gasteiger partial charge in [-0.15, -0.1) is 11.3 Å². The summed E-state index contributed by atoms with van der Waals surface area (Å²) in [4.78, 5) is 5.81. The Kier molecular flexibility index (Phi) is 4.99. The number of hydrogen-bond donors (Lipinski definition) is 1. The fourth-order valence-corrected chi connectivity index (χ4v) is 3.47. The molecule has 0 amide bonds. The zero-order valence-electron chi connectivity index (χ0n) is 12.4. The molecular weight excluding hydrogens is 332 g/mol. The second-order valence-corrected chi connectivity index (χ2v) is 7.98. The number of rotatable bonds is 4. The fourth-order valence-electron chi connectivity index (χ4n) is 1.93. The first-order valence-corrected chi connectivity index (χ1v) is 8.42. The van der Waals surface area contributed by atoms with Gasteiger partial charge in [-0.1, -0.05) is 54.9 Å². The lowest BCUT2D eigenvalue weighted by Gasteiger charge is -2.15. The normalized spacial score (nSPS) is 13.4. The lowest BCUT2D eigenvalue weighted by atomic mass is 9.98. The summed E-state index contributed by atoms with van der Waals surface area (Å²) in [5, 5.41) is 4.76. The van der Waals surface area contributed by atoms with E-state index in [-0.39, 0.29) is 5.41 Å². The molecule has 1 aromatic heterocycles. The monoisotopic (exact) mass is 352 g/mol. The van der Waals surface area contributed by atoms with Crippen molar-refractivity contribution in [2.75, 3.05) is 0 Å². The van der Waals surface area contributed by atoms with E-state index in [2.05, 4.69) is 72.1 Å². The second kappa shape index (κ2) is 6.37. The van der Waals surface area contributed by atoms with E-state index < -0.39 is 0 Å². The van der Waals surface area contributed by atoms with Gasteiger partial charge in [-0.05, 0) is 18.6 Å². The maximum Gasteiger partial charge on any atom is 0.0981 e. The zero-order chi connectivity index (χ0) is 14.8. The molecule has 0 aliphatic rings. The summed E-state index contributed by atoms with van der Waals surface area (Å²) in [6, 6.07) is 8.65. The molecule has 0 fully saturated rings. The van der Waals surface area contributed by atoms with Gasteiger partial charge in [-0.25, -0.2) is 4.98 Å². The van der Waals surface area contributed by atoms with Crippen LogP contribution in [0.2, 0.25) is 0 Å². The third kappa shape index (κ3) is 3.90. The summed E-state index contributed by atoms with van der Waals surface area (Å²) >= 11 is 5.40. The minimum Gasteiger partial charge on any atom is -0.305 e. The average molecular weight is 353 g/mol. The molecular formula is C16H21BrN2S. The minimum absolute atomic E-state index is 0.136. The Hall–Kier alpha value is -0.710. The molecule has 108 valence electrons. The molecule has 0 saturated carbocycles. The highest BCUT2D eigenvalue weighted by molar-refractivity contribution is 9.10. The molecule has 4 heteroatoms. The summed E-state index contributed by atoms with van der Waals surface area (Å²) in [5.41, 5.74) is 1.42. The summed E-state index contributed by atoms with van der Waals surface area (Å²) in [7, 11) is 0. The van der Waals surface area contributed by atoms with Gasteiger partial charge in [0.1, 0.15) is 0 Å². The van der Waals surface area contributed by atoms with E-state index in [0.29, 0.717) is 6.04 Å². The Morgan fingerprint density at radius 2 is 2.00 bits per heavy atom. The molecule has 1 aromatic carbocycles. The van der Waals surface area contributed by atoms with Crippen molar-refractivity contribution in [1.82, 2.24) is 10.3 Å². The molecule has 2 rings (SSSR count). The SMILES string of the molecule is CC(NCc1cnc(C(C)(C)C)s1)c1ccccc1Br. The molecule has 0 bridgehead atoms. The molecule has 2 nitrogen and oxygen atoms in total. The molecule has 2 aromatic rings. The molecule has 0 spiro atoms. The van der Waals surface area contributed by atoms with Crippen molar-refractivity contribution in [3.8, 4) is 0 Å². The van der Waals surface area contributed by atoms with Crippen molar-refractivity contribution in [3.63, 3.8) is 0 Å². The zero-order valence-corrected chi connectivity index (χ0v) is 14.8. The van der Waals surface area contributed by atoms with E-state index in [0.717, 1.165) is 11.0 Å². The van der Waals surface area contributed by atoms with E-state index in [4.69, 9.17) is 0 Å². The van der Waals surface area contributed by atoms with Gasteiger partial charge in [-0.3, -0.25) is 0 Å². The Balaban J connectivity index is 1.99. The van der Waals surface area contributed by atoms with Crippen LogP contribution in [0.1, 0.15) is 49.2 Å². The van der Waals surface area contributed by atoms with Crippen molar-refractivity contribution in [2.45, 2.75) is 45.7 Å². The molecule has 20 heavy (non-hydrogen) atoms. The van der Waals surface area contributed by atoms with Crippen LogP contribution >= 0.6 is 27.3 Å². The van der Waals surface area contributed by atoms with Gasteiger partial charge in [0.2, 0.25) is 0 Å². The maximum absolute atomic E-state index is 4.52. The molecule has 1 heterocycles. The maximum atomic E-state index is 4.52. The van der Waals surface area contributed by atoms with Gasteiger partial charge in [0.05, 0.1) is 5.01 Å². The first kappa shape index (κ1) is 15.7. The van der Waals surface area contributed by atoms with Gasteiger partial charge in [-0.2, -0.15) is 0 Å². The Labute approximate surface area is 133 Å². The van der Waals surface area contributed by atoms with E-state index in [1.807, 2.05) is 12.3 Å². The van der Waals surface area contributed by atoms with E-state index >= 15 is 0 Å². The van der Waals surface area contributed by atoms with Gasteiger partial charge in [0.15, 0.2) is 0 Å². The summed E-state index contributed by atoms with van der Waals surface area (Å²) < 4.78 is 1.15. The third-order valence-electron chi connectivity index (χ3n) is 3.15. The largest absolute Gasteiger partial charge is 0.305 e. The van der Waals surface area contributed by atoms with Gasteiger partial charge < -0.3 is 5.32 Å². The van der Waals surface area contributed by atoms with Crippen molar-refractivity contribution in [2.24, 2.45) is 0 Å². The smallest absolute Gasteiger partial charge is 0.0981 e. The number of nitrogens with zero attached hydrogens (tertiary/aromatic N) is 1. The second-order valence-electron chi connectivity index (χ2n) is 6.01. The Morgan fingerprint density at radius 1 is 1.30 bits per heavy atom. The van der Waals surface area contributed by atoms with Crippen molar-refractivity contribution >= 4 is 27.3 Å². The number of thiazole rings is 1. The van der Waals surface area contributed by atoms with Crippen LogP contribution in [0.5, 0.6) is 0 Å². The number of aromatic nitrogens is 1. The molecule has 0 aliphatic carbocycles. The minimum atomic E-state index is 0.136. The lowest BCUT2D eigenvalue weighted by Crippen LogP contribution is -2.17. The first-order valence-electron chi connectivity index (χ1n) is 6.81. The molecule has 1 N–H and O–H groups in total. The highest BCUT2D eigenvalue weighted by atomic mass is 79.9. The quantitative estimate of drug-likeness (QED) is 0.832. The summed E-state index contributed by atoms with van der Waals surface area (Å²) in [6.07, 6.45) is 1.99. The summed E-state index contributed by atoms with van der Waals surface area (Å²) in [6.45, 7) is 9.65. The van der Waals surface area contributed by atoms with Crippen LogP contribution < -0.4 is 5.32 Å². The standard InChI is InChI=1S/C16H21BrN2S/c1-11(13-7-5-6-8-14(13)17)18-9-12-10-19-15(20-12)16(2,3)4/h5-8,10-11,18H,9H2,1-4H3. The number of halogens is 1. The van der Waals surface area contributed by atoms with Crippen LogP contribution in [0, 0.1) is 0 Å². The average Bonchev–Trinajstić information content (AvgIpc) is 2.85. The molecule has 0 saturated heterocycles. The van der Waals surface area contributed by atoms with Crippen molar-refractivity contribution in [1.29, 1.82) is 0 Å². The van der Waals surface area contributed by atoms with Crippen LogP contribution in [-0.2, 0) is 12.0 Å². The van der Waals surface area contributed by atoms with Gasteiger partial charge in [0, 0.05) is 33.5 Å². The third-order valence-corrected chi connectivity index (χ3v) is 5.29. The number of benzene rings is 1. The van der Waals surface area contributed by atoms with Gasteiger partial charge in [0.25, 0.3) is 0 Å². The molecule has 1 unspecified atom stereocenters. The van der Waals surface area contributed by atoms with Crippen molar-refractivity contribution < 1.29 is 0 Å². The molecule has 0 aliphatic heterocycles. The van der Waals surface area contributed by atoms with Crippen LogP contribution in [0.25, 0.3) is 0 Å². The number of nitrogens with one attached hydrogen (secondary N) is 1. The van der Waals surface area contributed by atoms with E-state index in [1.165, 1.54) is 15.4 Å². The topological polar surface area (TPSA) is 24.9 Å². The van der Waals surface area contributed by atoms with Crippen LogP contribution in [0.4, 0.5) is 0 Å². The Morgan fingerprint density at radius 3 is 2.60 bits per heavy atom. The van der Waals surface area contributed by atoms with Crippen molar-refractivity contribution in [3.05, 3.63) is 50.4 Å². The lowest BCUT2D eigenvalue weighted by molar-refractivity contribution is 0.576. The van der Waals surface area contributed by atoms with Crippen LogP contribution in [0.15, 0.2) is 34.9 Å². The fraction of sp³-hybridized carbons (Fsp3) is 0.438. The molecule has 0 radical (unpaired) electrons. The van der Waals surface area contributed by atoms with E-state index in [9.17, 15) is 0 Å². The predicted octanol–water partition coefficient (Wildman–Crippen LogP) is 5.05. The van der Waals surface area contributed by atoms with Crippen LogP contribution in [-0.4, -0.2) is 4.98 Å². The Bertz CT molecular complexity index is 572. The predicted molar refractivity (Wildman–Crippen MR) is 90.2 cm³/mol. The highest BCUT2D eigenvalue weighted by Crippen LogP contribution is 2.27. The molecule has 1 atom stereocenters. The van der Waals surface area contributed by atoms with E-state index in [1.54, 1.807) is 11.3 Å². The number of hydrogen-bond acceptors (Lipinski definition) is 3.